The van der Waals surface area contributed by atoms with Crippen molar-refractivity contribution in [3.8, 4) is 5.75 Å². The van der Waals surface area contributed by atoms with Crippen LogP contribution in [0.3, 0.4) is 0 Å². The Morgan fingerprint density at radius 3 is 1.56 bits per heavy atom. The van der Waals surface area contributed by atoms with E-state index in [0.717, 1.165) is 118 Å². The van der Waals surface area contributed by atoms with Gasteiger partial charge >= 0.3 is 0 Å². The molecule has 6 aliphatic heterocycles. The van der Waals surface area contributed by atoms with E-state index in [1.807, 2.05) is 60.9 Å². The van der Waals surface area contributed by atoms with Crippen molar-refractivity contribution in [2.45, 2.75) is 69.7 Å². The predicted octanol–water partition coefficient (Wildman–Crippen LogP) is 9.88. The van der Waals surface area contributed by atoms with Gasteiger partial charge in [-0.05, 0) is 92.5 Å². The molecule has 0 spiro atoms. The van der Waals surface area contributed by atoms with Crippen LogP contribution in [0.4, 0.5) is 0 Å². The summed E-state index contributed by atoms with van der Waals surface area (Å²) in [6.45, 7) is 14.1. The molecule has 3 N–H and O–H groups in total. The SMILES string of the molecule is C=CC1C[N+]2(Cc3c4ccccc4c(C[N+]45CCC(CC4[C@H](O)c4ccnc6ccc(OC)cc46)C(C=C)C5)c4ccccc34)CCC1CC2[C@H](O)c1ccnc2ccc(CO)cc12. The number of nitrogens with zero attached hydrogens (tertiary/aromatic N) is 4. The molecule has 13 rings (SSSR count). The Balaban J connectivity index is 1.03. The van der Waals surface area contributed by atoms with Crippen molar-refractivity contribution in [2.24, 2.45) is 23.7 Å². The van der Waals surface area contributed by atoms with Gasteiger partial charge in [-0.15, -0.1) is 13.2 Å². The summed E-state index contributed by atoms with van der Waals surface area (Å²) in [6.07, 6.45) is 10.7. The van der Waals surface area contributed by atoms with E-state index in [-0.39, 0.29) is 18.7 Å². The van der Waals surface area contributed by atoms with Crippen molar-refractivity contribution >= 4 is 43.4 Å². The van der Waals surface area contributed by atoms with Crippen LogP contribution >= 0.6 is 0 Å². The van der Waals surface area contributed by atoms with Gasteiger partial charge in [-0.25, -0.2) is 0 Å². The van der Waals surface area contributed by atoms with Crippen LogP contribution in [0.5, 0.6) is 5.75 Å². The number of aliphatic hydroxyl groups is 3. The van der Waals surface area contributed by atoms with Crippen LogP contribution < -0.4 is 4.74 Å². The molecule has 8 heteroatoms. The van der Waals surface area contributed by atoms with E-state index in [2.05, 4.69) is 83.8 Å². The van der Waals surface area contributed by atoms with Crippen molar-refractivity contribution in [3.63, 3.8) is 0 Å². The van der Waals surface area contributed by atoms with E-state index >= 15 is 0 Å². The molecule has 0 radical (unpaired) electrons. The number of ether oxygens (including phenoxy) is 1. The van der Waals surface area contributed by atoms with Crippen LogP contribution in [0, 0.1) is 23.7 Å². The summed E-state index contributed by atoms with van der Waals surface area (Å²) < 4.78 is 7.23. The van der Waals surface area contributed by atoms with Gasteiger partial charge in [0.25, 0.3) is 0 Å². The standard InChI is InChI=1S/C56H60N4O4/c1-4-36-30-59(24-20-38(36)27-53(59)55(62)45-18-22-57-51-16-14-35(34-61)26-47(45)51)32-49-41-10-6-8-12-43(41)50(44-13-9-7-11-42(44)49)33-60-25-21-39(37(5-2)31-60)28-54(60)56(63)46-19-23-58-52-17-15-40(64-3)29-48(46)52/h4-19,22-23,26,29,36-39,53-56,61-63H,1-2,20-21,24-25,27-28,30-34H2,3H3/q+2/t36?,37?,38?,39?,53?,54?,55-,56-,59?,60?/m1/s1. The Kier molecular flexibility index (Phi) is 10.4. The smallest absolute Gasteiger partial charge is 0.131 e. The Morgan fingerprint density at radius 1 is 0.641 bits per heavy atom. The summed E-state index contributed by atoms with van der Waals surface area (Å²) >= 11 is 0. The van der Waals surface area contributed by atoms with Crippen molar-refractivity contribution in [2.75, 3.05) is 33.3 Å². The van der Waals surface area contributed by atoms with Crippen LogP contribution in [0.15, 0.2) is 135 Å². The van der Waals surface area contributed by atoms with Gasteiger partial charge in [-0.3, -0.25) is 9.97 Å². The fraction of sp³-hybridized carbons (Fsp3) is 0.357. The van der Waals surface area contributed by atoms with Gasteiger partial charge in [0.15, 0.2) is 0 Å². The molecule has 0 aliphatic carbocycles. The molecular formula is C56H60N4O4+2. The van der Waals surface area contributed by atoms with Crippen LogP contribution in [-0.2, 0) is 19.7 Å². The summed E-state index contributed by atoms with van der Waals surface area (Å²) in [5.41, 5.74) is 7.01. The average Bonchev–Trinajstić information content (AvgIpc) is 3.36. The van der Waals surface area contributed by atoms with Crippen molar-refractivity contribution in [1.29, 1.82) is 0 Å². The summed E-state index contributed by atoms with van der Waals surface area (Å²) in [5.74, 6) is 2.49. The zero-order valence-electron chi connectivity index (χ0n) is 36.9. The quantitative estimate of drug-likeness (QED) is 0.0644. The fourth-order valence-corrected chi connectivity index (χ4v) is 13.6. The second-order valence-corrected chi connectivity index (χ2v) is 19.7. The Bertz CT molecular complexity index is 2700. The first-order valence-electron chi connectivity index (χ1n) is 23.4. The maximum atomic E-state index is 12.8. The molecule has 2 aromatic heterocycles. The highest BCUT2D eigenvalue weighted by atomic mass is 16.5. The normalized spacial score (nSPS) is 28.4. The number of rotatable bonds is 12. The van der Waals surface area contributed by atoms with Crippen LogP contribution in [0.2, 0.25) is 0 Å². The van der Waals surface area contributed by atoms with Crippen LogP contribution in [-0.4, -0.2) is 79.6 Å². The third-order valence-corrected chi connectivity index (χ3v) is 16.8. The number of aliphatic hydroxyl groups excluding tert-OH is 3. The lowest BCUT2D eigenvalue weighted by Crippen LogP contribution is -2.67. The van der Waals surface area contributed by atoms with Crippen molar-refractivity contribution in [3.05, 3.63) is 163 Å². The molecule has 6 fully saturated rings. The minimum atomic E-state index is -0.706. The second-order valence-electron chi connectivity index (χ2n) is 19.7. The van der Waals surface area contributed by atoms with E-state index in [9.17, 15) is 15.3 Å². The molecule has 4 bridgehead atoms. The molecule has 8 unspecified atom stereocenters. The summed E-state index contributed by atoms with van der Waals surface area (Å²) in [4.78, 5) is 9.33. The monoisotopic (exact) mass is 852 g/mol. The highest BCUT2D eigenvalue weighted by Gasteiger charge is 2.56. The molecule has 0 amide bonds. The fourth-order valence-electron chi connectivity index (χ4n) is 13.6. The van der Waals surface area contributed by atoms with E-state index < -0.39 is 12.2 Å². The van der Waals surface area contributed by atoms with Gasteiger partial charge in [-0.2, -0.15) is 0 Å². The van der Waals surface area contributed by atoms with Crippen LogP contribution in [0.25, 0.3) is 43.4 Å². The van der Waals surface area contributed by atoms with Gasteiger partial charge in [-0.1, -0.05) is 66.7 Å². The molecule has 10 atom stereocenters. The number of fused-ring (bicyclic) bond motifs is 10. The van der Waals surface area contributed by atoms with Gasteiger partial charge in [0.1, 0.15) is 43.1 Å². The summed E-state index contributed by atoms with van der Waals surface area (Å²) in [5, 5.41) is 42.6. The number of pyridine rings is 2. The number of hydrogen-bond donors (Lipinski definition) is 3. The third kappa shape index (κ3) is 6.60. The number of aromatic nitrogens is 2. The first kappa shape index (κ1) is 41.2. The molecule has 8 heterocycles. The molecule has 5 aromatic carbocycles. The number of benzene rings is 5. The highest BCUT2D eigenvalue weighted by Crippen LogP contribution is 2.52. The number of quaternary nitrogens is 2. The Morgan fingerprint density at radius 2 is 1.11 bits per heavy atom. The zero-order valence-corrected chi connectivity index (χ0v) is 36.9. The van der Waals surface area contributed by atoms with E-state index in [4.69, 9.17) is 4.74 Å². The number of hydrogen-bond acceptors (Lipinski definition) is 6. The molecular weight excluding hydrogens is 793 g/mol. The lowest BCUT2D eigenvalue weighted by Gasteiger charge is -2.58. The van der Waals surface area contributed by atoms with Crippen LogP contribution in [0.1, 0.15) is 65.7 Å². The maximum Gasteiger partial charge on any atom is 0.131 e. The zero-order chi connectivity index (χ0) is 43.7. The maximum absolute atomic E-state index is 12.8. The summed E-state index contributed by atoms with van der Waals surface area (Å²) in [7, 11) is 1.69. The van der Waals surface area contributed by atoms with Gasteiger partial charge in [0, 0.05) is 71.8 Å². The topological polar surface area (TPSA) is 95.7 Å². The van der Waals surface area contributed by atoms with Crippen molar-refractivity contribution in [1.82, 2.24) is 9.97 Å². The first-order chi connectivity index (χ1) is 31.3. The van der Waals surface area contributed by atoms with E-state index in [1.165, 1.54) is 32.7 Å². The summed E-state index contributed by atoms with van der Waals surface area (Å²) in [6, 6.07) is 33.9. The molecule has 7 aromatic rings. The predicted molar refractivity (Wildman–Crippen MR) is 255 cm³/mol. The molecule has 64 heavy (non-hydrogen) atoms. The number of methoxy groups -OCH3 is 1. The molecule has 8 nitrogen and oxygen atoms in total. The van der Waals surface area contributed by atoms with Gasteiger partial charge < -0.3 is 29.0 Å². The molecule has 326 valence electrons. The lowest BCUT2D eigenvalue weighted by atomic mass is 9.70. The third-order valence-electron chi connectivity index (χ3n) is 16.8. The van der Waals surface area contributed by atoms with Gasteiger partial charge in [0.05, 0.1) is 50.9 Å². The first-order valence-corrected chi connectivity index (χ1v) is 23.4. The number of piperidine rings is 6. The van der Waals surface area contributed by atoms with Gasteiger partial charge in [0.2, 0.25) is 0 Å². The van der Waals surface area contributed by atoms with E-state index in [1.54, 1.807) is 7.11 Å². The highest BCUT2D eigenvalue weighted by molar-refractivity contribution is 6.05. The average molecular weight is 853 g/mol. The Hall–Kier alpha value is -5.48. The Labute approximate surface area is 376 Å². The minimum Gasteiger partial charge on any atom is -0.497 e. The second kappa shape index (κ2) is 16.2. The largest absolute Gasteiger partial charge is 0.497 e. The molecule has 6 aliphatic rings. The molecule has 6 saturated heterocycles. The molecule has 0 saturated carbocycles. The minimum absolute atomic E-state index is 0.00672. The lowest BCUT2D eigenvalue weighted by molar-refractivity contribution is -0.984. The van der Waals surface area contributed by atoms with E-state index in [0.29, 0.717) is 23.7 Å². The van der Waals surface area contributed by atoms with Crippen molar-refractivity contribution < 1.29 is 29.0 Å².